The van der Waals surface area contributed by atoms with Crippen molar-refractivity contribution in [3.05, 3.63) is 35.5 Å². The molecule has 2 aromatic rings. The SMILES string of the molecule is COc1ccc(-c2n[nH]c3c2C(C2CCOCC2)NC3=O)cc1. The highest BCUT2D eigenvalue weighted by molar-refractivity contribution is 5.99. The predicted molar refractivity (Wildman–Crippen MR) is 84.3 cm³/mol. The number of nitrogens with zero attached hydrogens (tertiary/aromatic N) is 1. The molecule has 1 aromatic carbocycles. The summed E-state index contributed by atoms with van der Waals surface area (Å²) in [7, 11) is 1.64. The molecule has 1 aromatic heterocycles. The van der Waals surface area contributed by atoms with Gasteiger partial charge < -0.3 is 14.8 Å². The van der Waals surface area contributed by atoms with E-state index in [1.807, 2.05) is 24.3 Å². The van der Waals surface area contributed by atoms with Gasteiger partial charge in [-0.2, -0.15) is 5.10 Å². The summed E-state index contributed by atoms with van der Waals surface area (Å²) in [5, 5.41) is 10.4. The van der Waals surface area contributed by atoms with Crippen molar-refractivity contribution in [1.82, 2.24) is 15.5 Å². The molecular weight excluding hydrogens is 294 g/mol. The summed E-state index contributed by atoms with van der Waals surface area (Å²) in [5.41, 5.74) is 3.41. The van der Waals surface area contributed by atoms with Crippen LogP contribution in [0.25, 0.3) is 11.3 Å². The Morgan fingerprint density at radius 1 is 1.22 bits per heavy atom. The number of carbonyl (C=O) groups excluding carboxylic acids is 1. The number of rotatable bonds is 3. The highest BCUT2D eigenvalue weighted by Crippen LogP contribution is 2.40. The Hall–Kier alpha value is -2.34. The van der Waals surface area contributed by atoms with Crippen LogP contribution >= 0.6 is 0 Å². The molecule has 1 saturated heterocycles. The molecule has 6 heteroatoms. The van der Waals surface area contributed by atoms with Crippen LogP contribution in [0.4, 0.5) is 0 Å². The third-order valence-electron chi connectivity index (χ3n) is 4.73. The van der Waals surface area contributed by atoms with Crippen LogP contribution in [0.1, 0.15) is 34.9 Å². The van der Waals surface area contributed by atoms with Gasteiger partial charge in [0.05, 0.1) is 18.8 Å². The van der Waals surface area contributed by atoms with Gasteiger partial charge in [0.2, 0.25) is 0 Å². The zero-order valence-electron chi connectivity index (χ0n) is 13.0. The minimum atomic E-state index is -0.0660. The molecule has 2 aliphatic heterocycles. The van der Waals surface area contributed by atoms with Gasteiger partial charge in [0.1, 0.15) is 11.4 Å². The molecule has 0 bridgehead atoms. The van der Waals surface area contributed by atoms with E-state index in [1.54, 1.807) is 7.11 Å². The van der Waals surface area contributed by atoms with Crippen molar-refractivity contribution < 1.29 is 14.3 Å². The summed E-state index contributed by atoms with van der Waals surface area (Å²) in [6.07, 6.45) is 1.91. The van der Waals surface area contributed by atoms with Crippen molar-refractivity contribution in [1.29, 1.82) is 0 Å². The summed E-state index contributed by atoms with van der Waals surface area (Å²) < 4.78 is 10.6. The second kappa shape index (κ2) is 5.70. The van der Waals surface area contributed by atoms with Crippen LogP contribution in [0.15, 0.2) is 24.3 Å². The van der Waals surface area contributed by atoms with Gasteiger partial charge in [-0.15, -0.1) is 0 Å². The van der Waals surface area contributed by atoms with Crippen LogP contribution in [-0.4, -0.2) is 36.4 Å². The van der Waals surface area contributed by atoms with Crippen molar-refractivity contribution in [2.75, 3.05) is 20.3 Å². The standard InChI is InChI=1S/C17H19N3O3/c1-22-12-4-2-10(3-5-12)15-13-14(11-6-8-23-9-7-11)18-17(21)16(13)20-19-15/h2-5,11,14H,6-9H2,1H3,(H,18,21)(H,19,20). The molecule has 0 aliphatic carbocycles. The number of aromatic amines is 1. The smallest absolute Gasteiger partial charge is 0.270 e. The predicted octanol–water partition coefficient (Wildman–Crippen LogP) is 2.30. The van der Waals surface area contributed by atoms with Gasteiger partial charge in [-0.05, 0) is 43.0 Å². The van der Waals surface area contributed by atoms with Gasteiger partial charge in [-0.25, -0.2) is 0 Å². The van der Waals surface area contributed by atoms with E-state index in [4.69, 9.17) is 9.47 Å². The number of nitrogens with one attached hydrogen (secondary N) is 2. The highest BCUT2D eigenvalue weighted by Gasteiger charge is 2.39. The molecule has 1 fully saturated rings. The molecule has 1 unspecified atom stereocenters. The van der Waals surface area contributed by atoms with Gasteiger partial charge in [-0.1, -0.05) is 0 Å². The van der Waals surface area contributed by atoms with Gasteiger partial charge >= 0.3 is 0 Å². The average Bonchev–Trinajstić information content (AvgIpc) is 3.17. The number of amides is 1. The monoisotopic (exact) mass is 313 g/mol. The zero-order valence-corrected chi connectivity index (χ0v) is 13.0. The largest absolute Gasteiger partial charge is 0.497 e. The van der Waals surface area contributed by atoms with Crippen LogP contribution in [0.2, 0.25) is 0 Å². The van der Waals surface area contributed by atoms with E-state index in [9.17, 15) is 4.79 Å². The first-order valence-corrected chi connectivity index (χ1v) is 7.89. The molecule has 0 saturated carbocycles. The first kappa shape index (κ1) is 14.3. The zero-order chi connectivity index (χ0) is 15.8. The van der Waals surface area contributed by atoms with Gasteiger partial charge in [-0.3, -0.25) is 9.89 Å². The first-order valence-electron chi connectivity index (χ1n) is 7.89. The average molecular weight is 313 g/mol. The number of benzene rings is 1. The van der Waals surface area contributed by atoms with E-state index < -0.39 is 0 Å². The molecular formula is C17H19N3O3. The maximum atomic E-state index is 12.2. The molecule has 3 heterocycles. The fraction of sp³-hybridized carbons (Fsp3) is 0.412. The maximum Gasteiger partial charge on any atom is 0.270 e. The fourth-order valence-corrected chi connectivity index (χ4v) is 3.48. The summed E-state index contributed by atoms with van der Waals surface area (Å²) in [5.74, 6) is 1.13. The number of fused-ring (bicyclic) bond motifs is 1. The van der Waals surface area contributed by atoms with Gasteiger partial charge in [0.15, 0.2) is 0 Å². The van der Waals surface area contributed by atoms with Crippen molar-refractivity contribution in [2.45, 2.75) is 18.9 Å². The van der Waals surface area contributed by atoms with Crippen LogP contribution in [0.3, 0.4) is 0 Å². The molecule has 1 atom stereocenters. The van der Waals surface area contributed by atoms with Gasteiger partial charge in [0, 0.05) is 24.3 Å². The number of methoxy groups -OCH3 is 1. The lowest BCUT2D eigenvalue weighted by Gasteiger charge is -2.28. The van der Waals surface area contributed by atoms with Gasteiger partial charge in [0.25, 0.3) is 5.91 Å². The molecule has 2 N–H and O–H groups in total. The second-order valence-corrected chi connectivity index (χ2v) is 5.99. The third-order valence-corrected chi connectivity index (χ3v) is 4.73. The Morgan fingerprint density at radius 2 is 1.96 bits per heavy atom. The summed E-state index contributed by atoms with van der Waals surface area (Å²) >= 11 is 0. The lowest BCUT2D eigenvalue weighted by molar-refractivity contribution is 0.0535. The minimum absolute atomic E-state index is 0.0113. The van der Waals surface area contributed by atoms with Crippen LogP contribution in [-0.2, 0) is 4.74 Å². The Bertz CT molecular complexity index is 717. The summed E-state index contributed by atoms with van der Waals surface area (Å²) in [6.45, 7) is 1.50. The molecule has 4 rings (SSSR count). The number of aromatic nitrogens is 2. The molecule has 1 amide bonds. The van der Waals surface area contributed by atoms with E-state index in [2.05, 4.69) is 15.5 Å². The highest BCUT2D eigenvalue weighted by atomic mass is 16.5. The summed E-state index contributed by atoms with van der Waals surface area (Å²) in [4.78, 5) is 12.2. The lowest BCUT2D eigenvalue weighted by atomic mass is 9.87. The Balaban J connectivity index is 1.72. The molecule has 120 valence electrons. The third kappa shape index (κ3) is 2.39. The van der Waals surface area contributed by atoms with E-state index in [0.717, 1.165) is 48.6 Å². The number of H-pyrrole nitrogens is 1. The van der Waals surface area contributed by atoms with Crippen molar-refractivity contribution in [3.8, 4) is 17.0 Å². The lowest BCUT2D eigenvalue weighted by Crippen LogP contribution is -2.30. The molecule has 23 heavy (non-hydrogen) atoms. The van der Waals surface area contributed by atoms with Crippen molar-refractivity contribution in [3.63, 3.8) is 0 Å². The quantitative estimate of drug-likeness (QED) is 0.911. The maximum absolute atomic E-state index is 12.2. The van der Waals surface area contributed by atoms with Crippen molar-refractivity contribution >= 4 is 5.91 Å². The van der Waals surface area contributed by atoms with Crippen LogP contribution in [0, 0.1) is 5.92 Å². The number of hydrogen-bond acceptors (Lipinski definition) is 4. The topological polar surface area (TPSA) is 76.2 Å². The number of carbonyl (C=O) groups is 1. The molecule has 2 aliphatic rings. The second-order valence-electron chi connectivity index (χ2n) is 5.99. The normalized spacial score (nSPS) is 21.1. The Morgan fingerprint density at radius 3 is 2.65 bits per heavy atom. The van der Waals surface area contributed by atoms with E-state index in [1.165, 1.54) is 0 Å². The first-order chi connectivity index (χ1) is 11.3. The van der Waals surface area contributed by atoms with Crippen molar-refractivity contribution in [2.24, 2.45) is 5.92 Å². The molecule has 0 radical (unpaired) electrons. The Labute approximate surface area is 134 Å². The molecule has 0 spiro atoms. The molecule has 6 nitrogen and oxygen atoms in total. The Kier molecular flexibility index (Phi) is 3.53. The number of hydrogen-bond donors (Lipinski definition) is 2. The van der Waals surface area contributed by atoms with Crippen LogP contribution in [0.5, 0.6) is 5.75 Å². The van der Waals surface area contributed by atoms with E-state index >= 15 is 0 Å². The van der Waals surface area contributed by atoms with E-state index in [0.29, 0.717) is 11.6 Å². The fourth-order valence-electron chi connectivity index (χ4n) is 3.48. The van der Waals surface area contributed by atoms with E-state index in [-0.39, 0.29) is 11.9 Å². The minimum Gasteiger partial charge on any atom is -0.497 e. The summed E-state index contributed by atoms with van der Waals surface area (Å²) in [6, 6.07) is 7.77. The number of ether oxygens (including phenoxy) is 2. The van der Waals surface area contributed by atoms with Crippen LogP contribution < -0.4 is 10.1 Å².